The van der Waals surface area contributed by atoms with Crippen LogP contribution in [0, 0.1) is 0 Å². The lowest BCUT2D eigenvalue weighted by atomic mass is 10.1. The molecule has 1 aromatic rings. The quantitative estimate of drug-likeness (QED) is 0.841. The maximum atomic E-state index is 11.9. The molecule has 1 rings (SSSR count). The van der Waals surface area contributed by atoms with E-state index in [0.717, 1.165) is 24.4 Å². The summed E-state index contributed by atoms with van der Waals surface area (Å²) in [7, 11) is 0. The van der Waals surface area contributed by atoms with Crippen molar-refractivity contribution >= 4 is 5.78 Å². The molecule has 4 heteroatoms. The number of carbonyl (C=O) groups is 1. The molecule has 4 nitrogen and oxygen atoms in total. The van der Waals surface area contributed by atoms with Gasteiger partial charge in [0.1, 0.15) is 0 Å². The highest BCUT2D eigenvalue weighted by Crippen LogP contribution is 2.07. The second-order valence-electron chi connectivity index (χ2n) is 5.62. The zero-order valence-corrected chi connectivity index (χ0v) is 12.2. The molecular formula is C14H25N3O. The first-order valence-electron chi connectivity index (χ1n) is 6.68. The summed E-state index contributed by atoms with van der Waals surface area (Å²) in [5.74, 6) is 0.210. The normalized spacial score (nSPS) is 11.8. The average molecular weight is 251 g/mol. The second kappa shape index (κ2) is 6.14. The SMILES string of the molecule is CCc1cc(CC(=O)CNC(C)(C)C)n(CC)n1. The van der Waals surface area contributed by atoms with Crippen molar-refractivity contribution in [3.8, 4) is 0 Å². The number of nitrogens with zero attached hydrogens (tertiary/aromatic N) is 2. The summed E-state index contributed by atoms with van der Waals surface area (Å²) in [5.41, 5.74) is 2.06. The monoisotopic (exact) mass is 251 g/mol. The fourth-order valence-corrected chi connectivity index (χ4v) is 1.73. The van der Waals surface area contributed by atoms with E-state index in [2.05, 4.69) is 38.1 Å². The Hall–Kier alpha value is -1.16. The zero-order chi connectivity index (χ0) is 13.8. The number of nitrogens with one attached hydrogen (secondary N) is 1. The number of aromatic nitrogens is 2. The molecule has 18 heavy (non-hydrogen) atoms. The number of hydrogen-bond acceptors (Lipinski definition) is 3. The molecule has 0 atom stereocenters. The maximum Gasteiger partial charge on any atom is 0.152 e. The number of aryl methyl sites for hydroxylation is 2. The Labute approximate surface area is 110 Å². The van der Waals surface area contributed by atoms with Gasteiger partial charge in [0, 0.05) is 24.2 Å². The molecule has 0 radical (unpaired) electrons. The summed E-state index contributed by atoms with van der Waals surface area (Å²) >= 11 is 0. The van der Waals surface area contributed by atoms with Gasteiger partial charge < -0.3 is 5.32 Å². The molecule has 0 saturated carbocycles. The van der Waals surface area contributed by atoms with Gasteiger partial charge in [-0.05, 0) is 40.2 Å². The Kier molecular flexibility index (Phi) is 5.08. The molecule has 1 N–H and O–H groups in total. The Morgan fingerprint density at radius 1 is 1.39 bits per heavy atom. The predicted octanol–water partition coefficient (Wildman–Crippen LogP) is 1.97. The first kappa shape index (κ1) is 14.9. The zero-order valence-electron chi connectivity index (χ0n) is 12.2. The van der Waals surface area contributed by atoms with Crippen LogP contribution in [0.25, 0.3) is 0 Å². The maximum absolute atomic E-state index is 11.9. The largest absolute Gasteiger partial charge is 0.305 e. The van der Waals surface area contributed by atoms with Crippen molar-refractivity contribution in [2.45, 2.75) is 59.5 Å². The third-order valence-corrected chi connectivity index (χ3v) is 2.77. The van der Waals surface area contributed by atoms with Gasteiger partial charge in [-0.15, -0.1) is 0 Å². The summed E-state index contributed by atoms with van der Waals surface area (Å²) in [6, 6.07) is 2.04. The van der Waals surface area contributed by atoms with E-state index in [4.69, 9.17) is 0 Å². The number of rotatable bonds is 6. The van der Waals surface area contributed by atoms with E-state index in [1.54, 1.807) is 0 Å². The molecule has 1 aromatic heterocycles. The molecule has 0 saturated heterocycles. The van der Waals surface area contributed by atoms with Gasteiger partial charge in [0.05, 0.1) is 12.2 Å². The van der Waals surface area contributed by atoms with Crippen LogP contribution in [0.2, 0.25) is 0 Å². The fourth-order valence-electron chi connectivity index (χ4n) is 1.73. The van der Waals surface area contributed by atoms with Gasteiger partial charge in [-0.3, -0.25) is 9.48 Å². The minimum Gasteiger partial charge on any atom is -0.305 e. The molecule has 0 aliphatic rings. The summed E-state index contributed by atoms with van der Waals surface area (Å²) in [6.45, 7) is 11.5. The van der Waals surface area contributed by atoms with Crippen LogP contribution < -0.4 is 5.32 Å². The third kappa shape index (κ3) is 4.61. The van der Waals surface area contributed by atoms with Crippen molar-refractivity contribution in [1.82, 2.24) is 15.1 Å². The van der Waals surface area contributed by atoms with Crippen LogP contribution in [0.15, 0.2) is 6.07 Å². The lowest BCUT2D eigenvalue weighted by Gasteiger charge is -2.19. The van der Waals surface area contributed by atoms with Gasteiger partial charge in [-0.2, -0.15) is 5.10 Å². The summed E-state index contributed by atoms with van der Waals surface area (Å²) in [4.78, 5) is 11.9. The summed E-state index contributed by atoms with van der Waals surface area (Å²) in [5, 5.41) is 7.67. The van der Waals surface area contributed by atoms with Crippen LogP contribution in [0.5, 0.6) is 0 Å². The standard InChI is InChI=1S/C14H25N3O/c1-6-11-8-12(17(7-2)16-11)9-13(18)10-15-14(3,4)5/h8,15H,6-7,9-10H2,1-5H3. The smallest absolute Gasteiger partial charge is 0.152 e. The van der Waals surface area contributed by atoms with Crippen molar-refractivity contribution in [2.75, 3.05) is 6.54 Å². The molecule has 0 unspecified atom stereocenters. The highest BCUT2D eigenvalue weighted by Gasteiger charge is 2.14. The van der Waals surface area contributed by atoms with Crippen LogP contribution in [-0.2, 0) is 24.2 Å². The molecule has 0 aliphatic heterocycles. The van der Waals surface area contributed by atoms with Crippen LogP contribution in [0.3, 0.4) is 0 Å². The molecule has 0 amide bonds. The van der Waals surface area contributed by atoms with Crippen molar-refractivity contribution < 1.29 is 4.79 Å². The van der Waals surface area contributed by atoms with Crippen LogP contribution in [-0.4, -0.2) is 27.6 Å². The molecule has 0 fully saturated rings. The van der Waals surface area contributed by atoms with Gasteiger partial charge in [0.2, 0.25) is 0 Å². The van der Waals surface area contributed by atoms with Gasteiger partial charge in [-0.25, -0.2) is 0 Å². The second-order valence-corrected chi connectivity index (χ2v) is 5.62. The van der Waals surface area contributed by atoms with Crippen molar-refractivity contribution in [3.05, 3.63) is 17.5 Å². The molecule has 0 spiro atoms. The van der Waals surface area contributed by atoms with E-state index in [1.165, 1.54) is 0 Å². The van der Waals surface area contributed by atoms with Crippen molar-refractivity contribution in [3.63, 3.8) is 0 Å². The van der Waals surface area contributed by atoms with Crippen LogP contribution in [0.4, 0.5) is 0 Å². The van der Waals surface area contributed by atoms with Crippen LogP contribution >= 0.6 is 0 Å². The van der Waals surface area contributed by atoms with E-state index < -0.39 is 0 Å². The van der Waals surface area contributed by atoms with Crippen molar-refractivity contribution in [1.29, 1.82) is 0 Å². The fraction of sp³-hybridized carbons (Fsp3) is 0.714. The van der Waals surface area contributed by atoms with Crippen molar-refractivity contribution in [2.24, 2.45) is 0 Å². The molecule has 102 valence electrons. The highest BCUT2D eigenvalue weighted by atomic mass is 16.1. The summed E-state index contributed by atoms with van der Waals surface area (Å²) in [6.07, 6.45) is 1.37. The Bertz CT molecular complexity index is 402. The van der Waals surface area contributed by atoms with E-state index >= 15 is 0 Å². The predicted molar refractivity (Wildman–Crippen MR) is 73.7 cm³/mol. The first-order valence-corrected chi connectivity index (χ1v) is 6.68. The van der Waals surface area contributed by atoms with E-state index in [-0.39, 0.29) is 11.3 Å². The molecule has 0 aromatic carbocycles. The van der Waals surface area contributed by atoms with Crippen LogP contribution in [0.1, 0.15) is 46.0 Å². The number of ketones is 1. The van der Waals surface area contributed by atoms with E-state index in [1.807, 2.05) is 17.7 Å². The minimum atomic E-state index is -0.0186. The molecule has 0 aliphatic carbocycles. The van der Waals surface area contributed by atoms with Gasteiger partial charge >= 0.3 is 0 Å². The van der Waals surface area contributed by atoms with Gasteiger partial charge in [0.15, 0.2) is 5.78 Å². The van der Waals surface area contributed by atoms with Gasteiger partial charge in [0.25, 0.3) is 0 Å². The third-order valence-electron chi connectivity index (χ3n) is 2.77. The lowest BCUT2D eigenvalue weighted by molar-refractivity contribution is -0.118. The average Bonchev–Trinajstić information content (AvgIpc) is 2.68. The highest BCUT2D eigenvalue weighted by molar-refractivity contribution is 5.82. The number of carbonyl (C=O) groups excluding carboxylic acids is 1. The lowest BCUT2D eigenvalue weighted by Crippen LogP contribution is -2.39. The Morgan fingerprint density at radius 2 is 2.06 bits per heavy atom. The molecule has 1 heterocycles. The van der Waals surface area contributed by atoms with E-state index in [9.17, 15) is 4.79 Å². The first-order chi connectivity index (χ1) is 8.35. The van der Waals surface area contributed by atoms with Gasteiger partial charge in [-0.1, -0.05) is 6.92 Å². The van der Waals surface area contributed by atoms with E-state index in [0.29, 0.717) is 13.0 Å². The minimum absolute atomic E-state index is 0.0186. The molecule has 0 bridgehead atoms. The Balaban J connectivity index is 2.61. The number of hydrogen-bond donors (Lipinski definition) is 1. The topological polar surface area (TPSA) is 46.9 Å². The Morgan fingerprint density at radius 3 is 2.56 bits per heavy atom. The number of Topliss-reactive ketones (excluding diaryl/α,β-unsaturated/α-hetero) is 1. The molecular weight excluding hydrogens is 226 g/mol. The summed E-state index contributed by atoms with van der Waals surface area (Å²) < 4.78 is 1.92.